The second-order valence-electron chi connectivity index (χ2n) is 4.74. The van der Waals surface area contributed by atoms with Crippen molar-refractivity contribution in [3.05, 3.63) is 23.9 Å². The number of nitrogens with two attached hydrogens (primary N) is 1. The van der Waals surface area contributed by atoms with Crippen molar-refractivity contribution < 1.29 is 0 Å². The first kappa shape index (κ1) is 13.0. The summed E-state index contributed by atoms with van der Waals surface area (Å²) in [4.78, 5) is 4.27. The molecular weight excluding hydrogens is 274 g/mol. The minimum atomic E-state index is 0.0321. The zero-order chi connectivity index (χ0) is 13.9. The van der Waals surface area contributed by atoms with Crippen molar-refractivity contribution in [2.24, 2.45) is 5.73 Å². The average Bonchev–Trinajstić information content (AvgIpc) is 3.09. The normalized spacial score (nSPS) is 15.6. The summed E-state index contributed by atoms with van der Waals surface area (Å²) in [6.07, 6.45) is 6.35. The number of hydrogen-bond donors (Lipinski definition) is 2. The summed E-state index contributed by atoms with van der Waals surface area (Å²) in [5.74, 6) is 0.0321. The van der Waals surface area contributed by atoms with Crippen LogP contribution >= 0.6 is 11.8 Å². The van der Waals surface area contributed by atoms with Crippen molar-refractivity contribution in [1.82, 2.24) is 25.2 Å². The van der Waals surface area contributed by atoms with Gasteiger partial charge >= 0.3 is 0 Å². The van der Waals surface area contributed by atoms with Gasteiger partial charge in [0.15, 0.2) is 0 Å². The fourth-order valence-electron chi connectivity index (χ4n) is 2.36. The number of aromatic nitrogens is 5. The summed E-state index contributed by atoms with van der Waals surface area (Å²) in [5, 5.41) is 20.9. The molecule has 8 heteroatoms. The summed E-state index contributed by atoms with van der Waals surface area (Å²) in [6.45, 7) is 0. The molecule has 1 aliphatic carbocycles. The number of amidine groups is 1. The molecule has 0 aromatic carbocycles. The molecule has 3 rings (SSSR count). The minimum absolute atomic E-state index is 0.0321. The van der Waals surface area contributed by atoms with Crippen LogP contribution in [0, 0.1) is 5.41 Å². The Bertz CT molecular complexity index is 618. The lowest BCUT2D eigenvalue weighted by atomic mass is 10.2. The molecule has 1 aliphatic rings. The van der Waals surface area contributed by atoms with E-state index in [1.807, 2.05) is 4.68 Å². The van der Waals surface area contributed by atoms with E-state index in [0.29, 0.717) is 11.6 Å². The predicted octanol–water partition coefficient (Wildman–Crippen LogP) is 1.62. The maximum atomic E-state index is 7.46. The Hall–Kier alpha value is -1.96. The van der Waals surface area contributed by atoms with Crippen molar-refractivity contribution in [3.8, 4) is 0 Å². The Morgan fingerprint density at radius 3 is 2.95 bits per heavy atom. The number of nitrogens with one attached hydrogen (secondary N) is 1. The highest BCUT2D eigenvalue weighted by Crippen LogP contribution is 2.33. The minimum Gasteiger partial charge on any atom is -0.384 e. The second-order valence-corrected chi connectivity index (χ2v) is 5.73. The molecule has 0 saturated heterocycles. The fourth-order valence-corrected chi connectivity index (χ4v) is 3.20. The molecule has 104 valence electrons. The first-order valence-corrected chi connectivity index (χ1v) is 7.32. The third-order valence-corrected chi connectivity index (χ3v) is 4.26. The lowest BCUT2D eigenvalue weighted by molar-refractivity contribution is 0.423. The van der Waals surface area contributed by atoms with Gasteiger partial charge in [0.2, 0.25) is 5.16 Å². The van der Waals surface area contributed by atoms with E-state index >= 15 is 0 Å². The third kappa shape index (κ3) is 2.64. The Morgan fingerprint density at radius 1 is 1.40 bits per heavy atom. The number of rotatable bonds is 4. The van der Waals surface area contributed by atoms with Crippen LogP contribution in [-0.4, -0.2) is 31.0 Å². The van der Waals surface area contributed by atoms with Gasteiger partial charge in [0.05, 0.1) is 6.04 Å². The summed E-state index contributed by atoms with van der Waals surface area (Å²) in [5.41, 5.74) is 6.14. The lowest BCUT2D eigenvalue weighted by Crippen LogP contribution is -2.11. The highest BCUT2D eigenvalue weighted by molar-refractivity contribution is 7.99. The van der Waals surface area contributed by atoms with Crippen molar-refractivity contribution >= 4 is 17.6 Å². The summed E-state index contributed by atoms with van der Waals surface area (Å²) in [7, 11) is 0. The smallest absolute Gasteiger partial charge is 0.215 e. The van der Waals surface area contributed by atoms with Gasteiger partial charge in [-0.3, -0.25) is 5.41 Å². The molecule has 0 radical (unpaired) electrons. The van der Waals surface area contributed by atoms with Crippen molar-refractivity contribution in [1.29, 1.82) is 5.41 Å². The molecule has 1 saturated carbocycles. The van der Waals surface area contributed by atoms with Crippen molar-refractivity contribution in [2.45, 2.75) is 41.9 Å². The van der Waals surface area contributed by atoms with Crippen LogP contribution in [-0.2, 0) is 0 Å². The largest absolute Gasteiger partial charge is 0.384 e. The van der Waals surface area contributed by atoms with Crippen LogP contribution in [0.3, 0.4) is 0 Å². The number of tetrazole rings is 1. The average molecular weight is 289 g/mol. The highest BCUT2D eigenvalue weighted by atomic mass is 32.2. The molecule has 0 atom stereocenters. The first-order chi connectivity index (χ1) is 9.74. The number of nitrogens with zero attached hydrogens (tertiary/aromatic N) is 5. The van der Waals surface area contributed by atoms with Crippen LogP contribution in [0.1, 0.15) is 37.3 Å². The van der Waals surface area contributed by atoms with Crippen LogP contribution < -0.4 is 5.73 Å². The molecule has 7 nitrogen and oxygen atoms in total. The molecule has 3 N–H and O–H groups in total. The lowest BCUT2D eigenvalue weighted by Gasteiger charge is -2.10. The molecule has 20 heavy (non-hydrogen) atoms. The molecule has 0 bridgehead atoms. The van der Waals surface area contributed by atoms with E-state index in [0.717, 1.165) is 23.0 Å². The molecule has 2 aromatic rings. The zero-order valence-electron chi connectivity index (χ0n) is 10.9. The maximum Gasteiger partial charge on any atom is 0.215 e. The molecule has 0 spiro atoms. The van der Waals surface area contributed by atoms with Gasteiger partial charge in [-0.15, -0.1) is 5.10 Å². The standard InChI is InChI=1S/C12H15N7S/c13-11(14)8-5-6-15-10(7-8)20-12-16-17-18-19(12)9-3-1-2-4-9/h5-7,9H,1-4H2,(H3,13,14). The first-order valence-electron chi connectivity index (χ1n) is 6.50. The van der Waals surface area contributed by atoms with Gasteiger partial charge in [-0.05, 0) is 47.2 Å². The summed E-state index contributed by atoms with van der Waals surface area (Å²) in [6, 6.07) is 3.89. The Kier molecular flexibility index (Phi) is 3.64. The van der Waals surface area contributed by atoms with E-state index in [1.165, 1.54) is 24.6 Å². The van der Waals surface area contributed by atoms with Crippen molar-refractivity contribution in [2.75, 3.05) is 0 Å². The molecule has 0 aliphatic heterocycles. The summed E-state index contributed by atoms with van der Waals surface area (Å²) < 4.78 is 1.89. The SMILES string of the molecule is N=C(N)c1ccnc(Sc2nnnn2C2CCCC2)c1. The van der Waals surface area contributed by atoms with Crippen LogP contribution in [0.15, 0.2) is 28.5 Å². The van der Waals surface area contributed by atoms with E-state index in [-0.39, 0.29) is 5.84 Å². The fraction of sp³-hybridized carbons (Fsp3) is 0.417. The van der Waals surface area contributed by atoms with E-state index < -0.39 is 0 Å². The van der Waals surface area contributed by atoms with E-state index in [4.69, 9.17) is 11.1 Å². The summed E-state index contributed by atoms with van der Waals surface area (Å²) >= 11 is 1.40. The molecule has 2 aromatic heterocycles. The van der Waals surface area contributed by atoms with Crippen LogP contribution in [0.2, 0.25) is 0 Å². The molecule has 1 fully saturated rings. The van der Waals surface area contributed by atoms with Gasteiger partial charge < -0.3 is 5.73 Å². The van der Waals surface area contributed by atoms with Crippen molar-refractivity contribution in [3.63, 3.8) is 0 Å². The van der Waals surface area contributed by atoms with Gasteiger partial charge in [0.25, 0.3) is 0 Å². The molecule has 0 amide bonds. The van der Waals surface area contributed by atoms with Crippen LogP contribution in [0.25, 0.3) is 0 Å². The second kappa shape index (κ2) is 5.58. The number of nitrogen functional groups attached to an aromatic ring is 1. The Balaban J connectivity index is 1.82. The van der Waals surface area contributed by atoms with Gasteiger partial charge in [-0.25, -0.2) is 9.67 Å². The molecule has 2 heterocycles. The predicted molar refractivity (Wildman–Crippen MR) is 74.7 cm³/mol. The Morgan fingerprint density at radius 2 is 2.20 bits per heavy atom. The topological polar surface area (TPSA) is 106 Å². The highest BCUT2D eigenvalue weighted by Gasteiger charge is 2.22. The van der Waals surface area contributed by atoms with Crippen LogP contribution in [0.4, 0.5) is 0 Å². The third-order valence-electron chi connectivity index (χ3n) is 3.37. The Labute approximate surface area is 120 Å². The monoisotopic (exact) mass is 289 g/mol. The van der Waals surface area contributed by atoms with Gasteiger partial charge in [-0.1, -0.05) is 12.8 Å². The number of hydrogen-bond acceptors (Lipinski definition) is 6. The van der Waals surface area contributed by atoms with E-state index in [9.17, 15) is 0 Å². The zero-order valence-corrected chi connectivity index (χ0v) is 11.7. The van der Waals surface area contributed by atoms with Gasteiger partial charge in [0.1, 0.15) is 10.9 Å². The van der Waals surface area contributed by atoms with Gasteiger partial charge in [-0.2, -0.15) is 0 Å². The van der Waals surface area contributed by atoms with Crippen LogP contribution in [0.5, 0.6) is 0 Å². The van der Waals surface area contributed by atoms with E-state index in [2.05, 4.69) is 20.5 Å². The van der Waals surface area contributed by atoms with E-state index in [1.54, 1.807) is 18.3 Å². The number of pyridine rings is 1. The molecular formula is C12H15N7S. The molecule has 0 unspecified atom stereocenters. The van der Waals surface area contributed by atoms with Gasteiger partial charge in [0, 0.05) is 11.8 Å². The maximum absolute atomic E-state index is 7.46. The quantitative estimate of drug-likeness (QED) is 0.654.